The van der Waals surface area contributed by atoms with Crippen molar-refractivity contribution in [3.8, 4) is 17.2 Å². The Balaban J connectivity index is 1.14. The average Bonchev–Trinajstić information content (AvgIpc) is 3.63. The minimum atomic E-state index is -4.59. The van der Waals surface area contributed by atoms with Crippen molar-refractivity contribution in [1.29, 1.82) is 0 Å². The highest BCUT2D eigenvalue weighted by Gasteiger charge is 2.38. The van der Waals surface area contributed by atoms with E-state index in [-0.39, 0.29) is 38.6 Å². The number of alkyl halides is 3. The summed E-state index contributed by atoms with van der Waals surface area (Å²) in [5.74, 6) is -0.0922. The number of nitrogens with zero attached hydrogens (tertiary/aromatic N) is 3. The smallest absolute Gasteiger partial charge is 0.405 e. The lowest BCUT2D eigenvalue weighted by molar-refractivity contribution is -0.143. The number of aromatic nitrogens is 1. The minimum absolute atomic E-state index is 0.00829. The molecule has 282 valence electrons. The Morgan fingerprint density at radius 1 is 0.981 bits per heavy atom. The van der Waals surface area contributed by atoms with Crippen LogP contribution < -0.4 is 15.4 Å². The molecule has 2 aliphatic rings. The zero-order valence-electron chi connectivity index (χ0n) is 29.1. The van der Waals surface area contributed by atoms with Crippen molar-refractivity contribution in [2.24, 2.45) is 5.92 Å². The van der Waals surface area contributed by atoms with Gasteiger partial charge in [-0.25, -0.2) is 0 Å². The standard InChI is InChI=1S/C39H44F3N5O6/c40-39(41,42)25-44-38(51)32-23-46(22-29-15-16-35(53-29)31-11-6-7-17-43-31)18-19-47(32)21-28(48)20-27(14-13-26-8-2-1-3-9-26)37(50)45-36-30-10-4-5-12-34(30)52-24-33(36)49/h1-12,15-17,27-28,32-33,36,48-49H,13-14,18-25H2,(H,44,51)(H,45,50)/t27-,28+,32+,33-,36+/m1/s1. The van der Waals surface area contributed by atoms with Gasteiger partial charge in [0.05, 0.1) is 18.7 Å². The predicted molar refractivity (Wildman–Crippen MR) is 189 cm³/mol. The van der Waals surface area contributed by atoms with E-state index in [1.54, 1.807) is 53.6 Å². The number of hydrogen-bond donors (Lipinski definition) is 4. The number of pyridine rings is 1. The SMILES string of the molecule is O=C(N[C@H]1c2ccccc2OC[C@H]1O)[C@H](CCc1ccccc1)C[C@H](O)CN1CCN(Cc2ccc(-c3ccccn3)o2)C[C@H]1C(=O)NCC(F)(F)F. The summed E-state index contributed by atoms with van der Waals surface area (Å²) in [6.45, 7) is -0.374. The van der Waals surface area contributed by atoms with Gasteiger partial charge in [0, 0.05) is 43.9 Å². The zero-order valence-corrected chi connectivity index (χ0v) is 29.1. The van der Waals surface area contributed by atoms with E-state index < -0.39 is 48.8 Å². The number of nitrogens with one attached hydrogen (secondary N) is 2. The number of furan rings is 1. The molecule has 2 aliphatic heterocycles. The van der Waals surface area contributed by atoms with Crippen LogP contribution in [0.4, 0.5) is 13.2 Å². The van der Waals surface area contributed by atoms with Crippen LogP contribution in [0.25, 0.3) is 11.5 Å². The number of aryl methyl sites for hydroxylation is 1. The molecule has 2 aromatic heterocycles. The van der Waals surface area contributed by atoms with E-state index in [0.717, 1.165) is 5.56 Å². The van der Waals surface area contributed by atoms with E-state index in [2.05, 4.69) is 10.3 Å². The second-order valence-corrected chi connectivity index (χ2v) is 13.6. The van der Waals surface area contributed by atoms with Gasteiger partial charge in [0.2, 0.25) is 11.8 Å². The third-order valence-corrected chi connectivity index (χ3v) is 9.64. The Labute approximate surface area is 305 Å². The summed E-state index contributed by atoms with van der Waals surface area (Å²) in [7, 11) is 0. The van der Waals surface area contributed by atoms with E-state index in [1.807, 2.05) is 52.7 Å². The zero-order chi connectivity index (χ0) is 37.4. The maximum Gasteiger partial charge on any atom is 0.405 e. The maximum atomic E-state index is 13.9. The largest absolute Gasteiger partial charge is 0.490 e. The Hall–Kier alpha value is -4.76. The normalized spacial score (nSPS) is 20.5. The van der Waals surface area contributed by atoms with Crippen molar-refractivity contribution in [2.45, 2.75) is 56.3 Å². The molecule has 6 rings (SSSR count). The number of piperazine rings is 1. The quantitative estimate of drug-likeness (QED) is 0.151. The van der Waals surface area contributed by atoms with Crippen LogP contribution in [0, 0.1) is 5.92 Å². The van der Waals surface area contributed by atoms with Crippen LogP contribution in [0.1, 0.15) is 35.8 Å². The molecular weight excluding hydrogens is 691 g/mol. The molecule has 0 unspecified atom stereocenters. The van der Waals surface area contributed by atoms with Crippen LogP contribution in [0.5, 0.6) is 5.75 Å². The molecule has 2 amide bonds. The van der Waals surface area contributed by atoms with Crippen LogP contribution in [-0.2, 0) is 22.6 Å². The lowest BCUT2D eigenvalue weighted by Gasteiger charge is -2.41. The molecule has 5 atom stereocenters. The predicted octanol–water partition coefficient (Wildman–Crippen LogP) is 4.12. The van der Waals surface area contributed by atoms with E-state index in [4.69, 9.17) is 9.15 Å². The molecule has 14 heteroatoms. The second-order valence-electron chi connectivity index (χ2n) is 13.6. The molecule has 0 saturated carbocycles. The molecule has 1 saturated heterocycles. The molecule has 4 N–H and O–H groups in total. The Kier molecular flexibility index (Phi) is 12.5. The van der Waals surface area contributed by atoms with Crippen LogP contribution in [-0.4, -0.2) is 101 Å². The Morgan fingerprint density at radius 3 is 2.53 bits per heavy atom. The monoisotopic (exact) mass is 735 g/mol. The fourth-order valence-electron chi connectivity index (χ4n) is 6.93. The molecule has 0 spiro atoms. The fraction of sp³-hybridized carbons (Fsp3) is 0.410. The highest BCUT2D eigenvalue weighted by molar-refractivity contribution is 5.82. The van der Waals surface area contributed by atoms with Gasteiger partial charge in [-0.05, 0) is 55.2 Å². The van der Waals surface area contributed by atoms with Gasteiger partial charge < -0.3 is 30.0 Å². The fourth-order valence-corrected chi connectivity index (χ4v) is 6.93. The molecule has 4 aromatic rings. The molecule has 0 bridgehead atoms. The maximum absolute atomic E-state index is 13.9. The van der Waals surface area contributed by atoms with Gasteiger partial charge in [0.15, 0.2) is 5.76 Å². The highest BCUT2D eigenvalue weighted by atomic mass is 19.4. The third-order valence-electron chi connectivity index (χ3n) is 9.64. The number of aliphatic hydroxyl groups is 2. The van der Waals surface area contributed by atoms with Crippen LogP contribution in [0.15, 0.2) is 95.5 Å². The second kappa shape index (κ2) is 17.4. The molecule has 4 heterocycles. The molecule has 0 aliphatic carbocycles. The summed E-state index contributed by atoms with van der Waals surface area (Å²) in [6.07, 6.45) is -4.05. The first-order valence-electron chi connectivity index (χ1n) is 17.8. The number of hydrogen-bond acceptors (Lipinski definition) is 9. The summed E-state index contributed by atoms with van der Waals surface area (Å²) >= 11 is 0. The van der Waals surface area contributed by atoms with Crippen molar-refractivity contribution in [1.82, 2.24) is 25.4 Å². The summed E-state index contributed by atoms with van der Waals surface area (Å²) in [5.41, 5.74) is 2.32. The third kappa shape index (κ3) is 10.4. The summed E-state index contributed by atoms with van der Waals surface area (Å²) in [4.78, 5) is 35.1. The molecule has 2 aromatic carbocycles. The number of benzene rings is 2. The lowest BCUT2D eigenvalue weighted by Crippen LogP contribution is -2.60. The lowest BCUT2D eigenvalue weighted by atomic mass is 9.91. The Morgan fingerprint density at radius 2 is 1.75 bits per heavy atom. The highest BCUT2D eigenvalue weighted by Crippen LogP contribution is 2.33. The van der Waals surface area contributed by atoms with Crippen LogP contribution in [0.3, 0.4) is 0 Å². The number of amides is 2. The number of fused-ring (bicyclic) bond motifs is 1. The van der Waals surface area contributed by atoms with E-state index >= 15 is 0 Å². The summed E-state index contributed by atoms with van der Waals surface area (Å²) < 4.78 is 51.0. The van der Waals surface area contributed by atoms with E-state index in [1.165, 1.54) is 0 Å². The summed E-state index contributed by atoms with van der Waals surface area (Å²) in [6, 6.07) is 24.1. The minimum Gasteiger partial charge on any atom is -0.490 e. The van der Waals surface area contributed by atoms with Crippen LogP contribution in [0.2, 0.25) is 0 Å². The van der Waals surface area contributed by atoms with E-state index in [9.17, 15) is 33.0 Å². The van der Waals surface area contributed by atoms with Gasteiger partial charge in [-0.2, -0.15) is 13.2 Å². The topological polar surface area (TPSA) is 140 Å². The number of aliphatic hydroxyl groups excluding tert-OH is 2. The average molecular weight is 736 g/mol. The first-order valence-corrected chi connectivity index (χ1v) is 17.8. The number of β-amino-alcohol motifs (C(OH)–C–C–N with tert-alkyl or cyclic N) is 1. The number of rotatable bonds is 14. The number of para-hydroxylation sites is 1. The number of carbonyl (C=O) groups excluding carboxylic acids is 2. The number of ether oxygens (including phenoxy) is 1. The van der Waals surface area contributed by atoms with Crippen molar-refractivity contribution < 1.29 is 42.1 Å². The molecule has 1 fully saturated rings. The van der Waals surface area contributed by atoms with Crippen molar-refractivity contribution in [3.05, 3.63) is 108 Å². The van der Waals surface area contributed by atoms with Crippen molar-refractivity contribution in [2.75, 3.05) is 39.3 Å². The van der Waals surface area contributed by atoms with Gasteiger partial charge in [-0.3, -0.25) is 24.4 Å². The van der Waals surface area contributed by atoms with Gasteiger partial charge in [0.1, 0.15) is 42.5 Å². The van der Waals surface area contributed by atoms with Crippen molar-refractivity contribution >= 4 is 11.8 Å². The van der Waals surface area contributed by atoms with Gasteiger partial charge >= 0.3 is 6.18 Å². The van der Waals surface area contributed by atoms with Crippen molar-refractivity contribution in [3.63, 3.8) is 0 Å². The number of carbonyl (C=O) groups is 2. The van der Waals surface area contributed by atoms with Crippen LogP contribution >= 0.6 is 0 Å². The van der Waals surface area contributed by atoms with Gasteiger partial charge in [-0.15, -0.1) is 0 Å². The van der Waals surface area contributed by atoms with Gasteiger partial charge in [0.25, 0.3) is 0 Å². The Bertz CT molecular complexity index is 1790. The molecular formula is C39H44F3N5O6. The summed E-state index contributed by atoms with van der Waals surface area (Å²) in [5, 5.41) is 27.2. The van der Waals surface area contributed by atoms with E-state index in [0.29, 0.717) is 54.5 Å². The molecule has 53 heavy (non-hydrogen) atoms. The van der Waals surface area contributed by atoms with Gasteiger partial charge in [-0.1, -0.05) is 54.6 Å². The molecule has 0 radical (unpaired) electrons. The first-order chi connectivity index (χ1) is 25.5. The first kappa shape index (κ1) is 38.0. The molecule has 11 nitrogen and oxygen atoms in total. The number of halogens is 3.